The van der Waals surface area contributed by atoms with Crippen molar-refractivity contribution in [1.82, 2.24) is 15.5 Å². The van der Waals surface area contributed by atoms with Crippen LogP contribution in [0.2, 0.25) is 0 Å². The van der Waals surface area contributed by atoms with Gasteiger partial charge in [0, 0.05) is 31.1 Å². The Morgan fingerprint density at radius 2 is 1.84 bits per heavy atom. The first kappa shape index (κ1) is 26.4. The Morgan fingerprint density at radius 1 is 1.19 bits per heavy atom. The predicted octanol–water partition coefficient (Wildman–Crippen LogP) is 0.0642. The van der Waals surface area contributed by atoms with E-state index in [2.05, 4.69) is 16.0 Å². The molecule has 5 N–H and O–H groups in total. The largest absolute Gasteiger partial charge is 0.371 e. The van der Waals surface area contributed by atoms with E-state index in [0.717, 1.165) is 0 Å². The summed E-state index contributed by atoms with van der Waals surface area (Å²) < 4.78 is 41.1. The molecule has 4 rings (SSSR count). The van der Waals surface area contributed by atoms with Crippen molar-refractivity contribution >= 4 is 35.1 Å². The SMILES string of the molecule is CC1(C)[C@@H]2[C@@H](C(=O)NC(C[C@@H]3CCNC3=O)C(=O)C(N)=O)N(C(=O)CNc3c(F)cc(F)cc3F)C[C@@H]21. The molecule has 5 atom stereocenters. The monoisotopic (exact) mass is 523 g/mol. The van der Waals surface area contributed by atoms with Crippen LogP contribution in [0, 0.1) is 40.6 Å². The Labute approximate surface area is 210 Å². The van der Waals surface area contributed by atoms with Gasteiger partial charge in [-0.15, -0.1) is 0 Å². The molecular weight excluding hydrogens is 495 g/mol. The van der Waals surface area contributed by atoms with E-state index < -0.39 is 71.2 Å². The van der Waals surface area contributed by atoms with Gasteiger partial charge in [0.2, 0.25) is 23.5 Å². The van der Waals surface area contributed by atoms with Gasteiger partial charge < -0.3 is 26.6 Å². The van der Waals surface area contributed by atoms with Crippen LogP contribution in [-0.4, -0.2) is 66.0 Å². The Kier molecular flexibility index (Phi) is 6.91. The minimum Gasteiger partial charge on any atom is -0.371 e. The average molecular weight is 524 g/mol. The Bertz CT molecular complexity index is 1150. The van der Waals surface area contributed by atoms with Crippen molar-refractivity contribution in [2.75, 3.05) is 25.0 Å². The van der Waals surface area contributed by atoms with Crippen molar-refractivity contribution in [3.63, 3.8) is 0 Å². The number of amides is 4. The summed E-state index contributed by atoms with van der Waals surface area (Å²) in [5, 5.41) is 7.47. The highest BCUT2D eigenvalue weighted by Crippen LogP contribution is 2.64. The number of fused-ring (bicyclic) bond motifs is 1. The van der Waals surface area contributed by atoms with Gasteiger partial charge in [-0.1, -0.05) is 13.8 Å². The fourth-order valence-electron chi connectivity index (χ4n) is 5.63. The number of nitrogens with two attached hydrogens (primary N) is 1. The lowest BCUT2D eigenvalue weighted by atomic mass is 9.94. The van der Waals surface area contributed by atoms with Gasteiger partial charge in [0.1, 0.15) is 17.5 Å². The lowest BCUT2D eigenvalue weighted by Crippen LogP contribution is -2.56. The zero-order valence-corrected chi connectivity index (χ0v) is 20.3. The minimum absolute atomic E-state index is 0.0302. The van der Waals surface area contributed by atoms with Crippen LogP contribution in [0.25, 0.3) is 0 Å². The van der Waals surface area contributed by atoms with Crippen molar-refractivity contribution in [1.29, 1.82) is 0 Å². The van der Waals surface area contributed by atoms with Crippen molar-refractivity contribution in [3.8, 4) is 0 Å². The molecule has 0 aromatic heterocycles. The van der Waals surface area contributed by atoms with Gasteiger partial charge >= 0.3 is 0 Å². The zero-order chi connectivity index (χ0) is 27.2. The third-order valence-electron chi connectivity index (χ3n) is 7.78. The minimum atomic E-state index is -1.35. The molecule has 3 aliphatic rings. The molecule has 13 heteroatoms. The maximum atomic E-state index is 14.0. The number of hydrogen-bond donors (Lipinski definition) is 4. The van der Waals surface area contributed by atoms with Gasteiger partial charge in [-0.2, -0.15) is 0 Å². The van der Waals surface area contributed by atoms with Crippen LogP contribution >= 0.6 is 0 Å². The molecule has 1 saturated carbocycles. The van der Waals surface area contributed by atoms with Gasteiger partial charge in [0.15, 0.2) is 11.6 Å². The van der Waals surface area contributed by atoms with E-state index in [1.54, 1.807) is 0 Å². The fourth-order valence-corrected chi connectivity index (χ4v) is 5.63. The van der Waals surface area contributed by atoms with E-state index in [4.69, 9.17) is 5.73 Å². The number of carbonyl (C=O) groups excluding carboxylic acids is 5. The number of carbonyl (C=O) groups is 5. The van der Waals surface area contributed by atoms with Gasteiger partial charge in [-0.3, -0.25) is 24.0 Å². The van der Waals surface area contributed by atoms with Crippen molar-refractivity contribution in [2.24, 2.45) is 28.9 Å². The summed E-state index contributed by atoms with van der Waals surface area (Å²) in [5.41, 5.74) is 4.20. The normalized spacial score (nSPS) is 26.2. The van der Waals surface area contributed by atoms with Crippen LogP contribution in [0.15, 0.2) is 12.1 Å². The average Bonchev–Trinajstić information content (AvgIpc) is 3.17. The number of ketones is 1. The Hall–Kier alpha value is -3.64. The molecule has 1 aliphatic carbocycles. The van der Waals surface area contributed by atoms with Crippen molar-refractivity contribution in [3.05, 3.63) is 29.6 Å². The molecule has 2 heterocycles. The number of halogens is 3. The summed E-state index contributed by atoms with van der Waals surface area (Å²) in [5.74, 6) is -8.37. The number of nitrogens with one attached hydrogen (secondary N) is 3. The summed E-state index contributed by atoms with van der Waals surface area (Å²) in [4.78, 5) is 63.8. The number of benzene rings is 1. The molecule has 10 nitrogen and oxygen atoms in total. The number of piperidine rings is 1. The molecule has 3 fully saturated rings. The van der Waals surface area contributed by atoms with Gasteiger partial charge in [-0.05, 0) is 30.1 Å². The Balaban J connectivity index is 1.49. The van der Waals surface area contributed by atoms with Crippen LogP contribution in [0.4, 0.5) is 18.9 Å². The molecule has 200 valence electrons. The third kappa shape index (κ3) is 4.98. The summed E-state index contributed by atoms with van der Waals surface area (Å²) in [6, 6.07) is -1.42. The van der Waals surface area contributed by atoms with Crippen molar-refractivity contribution < 1.29 is 37.1 Å². The van der Waals surface area contributed by atoms with Crippen LogP contribution in [-0.2, 0) is 24.0 Å². The van der Waals surface area contributed by atoms with Crippen LogP contribution < -0.4 is 21.7 Å². The quantitative estimate of drug-likeness (QED) is 0.336. The third-order valence-corrected chi connectivity index (χ3v) is 7.78. The van der Waals surface area contributed by atoms with Gasteiger partial charge in [0.25, 0.3) is 5.91 Å². The van der Waals surface area contributed by atoms with Crippen LogP contribution in [0.1, 0.15) is 26.7 Å². The van der Waals surface area contributed by atoms with E-state index in [-0.39, 0.29) is 36.1 Å². The number of anilines is 1. The molecule has 2 aliphatic heterocycles. The first-order valence-corrected chi connectivity index (χ1v) is 11.9. The number of rotatable bonds is 9. The van der Waals surface area contributed by atoms with Crippen molar-refractivity contribution in [2.45, 2.75) is 38.8 Å². The molecule has 0 radical (unpaired) electrons. The van der Waals surface area contributed by atoms with Crippen LogP contribution in [0.3, 0.4) is 0 Å². The lowest BCUT2D eigenvalue weighted by molar-refractivity contribution is -0.142. The summed E-state index contributed by atoms with van der Waals surface area (Å²) in [6.45, 7) is 3.89. The first-order chi connectivity index (χ1) is 17.3. The van der Waals surface area contributed by atoms with E-state index in [1.807, 2.05) is 13.8 Å². The van der Waals surface area contributed by atoms with E-state index in [9.17, 15) is 37.1 Å². The second kappa shape index (κ2) is 9.67. The number of hydrogen-bond acceptors (Lipinski definition) is 6. The molecule has 1 aromatic carbocycles. The second-order valence-corrected chi connectivity index (χ2v) is 10.3. The van der Waals surface area contributed by atoms with Gasteiger partial charge in [0.05, 0.1) is 12.6 Å². The summed E-state index contributed by atoms with van der Waals surface area (Å²) >= 11 is 0. The molecule has 0 spiro atoms. The molecule has 2 saturated heterocycles. The molecular formula is C24H28F3N5O5. The highest BCUT2D eigenvalue weighted by atomic mass is 19.1. The number of likely N-dealkylation sites (tertiary alicyclic amines) is 1. The zero-order valence-electron chi connectivity index (χ0n) is 20.3. The van der Waals surface area contributed by atoms with E-state index >= 15 is 0 Å². The molecule has 4 amide bonds. The molecule has 37 heavy (non-hydrogen) atoms. The highest BCUT2D eigenvalue weighted by Gasteiger charge is 2.69. The van der Waals surface area contributed by atoms with Gasteiger partial charge in [-0.25, -0.2) is 13.2 Å². The lowest BCUT2D eigenvalue weighted by Gasteiger charge is -2.31. The highest BCUT2D eigenvalue weighted by molar-refractivity contribution is 6.38. The number of primary amides is 1. The standard InChI is InChI=1S/C24H28F3N5O5/c1-24(2)12-9-32(16(33)8-30-18-13(26)6-11(25)7-14(18)27)19(17(12)24)23(37)31-15(20(34)21(28)35)5-10-3-4-29-22(10)36/h6-7,10,12,15,17,19,30H,3-5,8-9H2,1-2H3,(H2,28,35)(H,29,36)(H,31,37)/t10-,12-,15?,17-,19-/m0/s1. The number of nitrogens with zero attached hydrogens (tertiary/aromatic N) is 1. The summed E-state index contributed by atoms with van der Waals surface area (Å²) in [7, 11) is 0. The van der Waals surface area contributed by atoms with E-state index in [0.29, 0.717) is 25.1 Å². The molecule has 1 aromatic rings. The van der Waals surface area contributed by atoms with E-state index in [1.165, 1.54) is 4.90 Å². The second-order valence-electron chi connectivity index (χ2n) is 10.3. The predicted molar refractivity (Wildman–Crippen MR) is 123 cm³/mol. The smallest absolute Gasteiger partial charge is 0.287 e. The molecule has 0 bridgehead atoms. The Morgan fingerprint density at radius 3 is 2.41 bits per heavy atom. The number of Topliss-reactive ketones (excluding diaryl/α,β-unsaturated/α-hetero) is 1. The van der Waals surface area contributed by atoms with Crippen LogP contribution in [0.5, 0.6) is 0 Å². The summed E-state index contributed by atoms with van der Waals surface area (Å²) in [6.07, 6.45) is 0.299. The molecule has 1 unspecified atom stereocenters. The maximum absolute atomic E-state index is 14.0. The first-order valence-electron chi connectivity index (χ1n) is 11.9. The topological polar surface area (TPSA) is 151 Å². The maximum Gasteiger partial charge on any atom is 0.287 e. The fraction of sp³-hybridized carbons (Fsp3) is 0.542.